The molecule has 0 bridgehead atoms. The summed E-state index contributed by atoms with van der Waals surface area (Å²) in [5.74, 6) is 0.241. The number of aryl methyl sites for hydroxylation is 1. The third-order valence-electron chi connectivity index (χ3n) is 4.38. The van der Waals surface area contributed by atoms with E-state index in [1.807, 2.05) is 44.1 Å². The zero-order chi connectivity index (χ0) is 18.9. The van der Waals surface area contributed by atoms with Gasteiger partial charge in [0.15, 0.2) is 0 Å². The monoisotopic (exact) mass is 378 g/mol. The minimum Gasteiger partial charge on any atom is -0.492 e. The van der Waals surface area contributed by atoms with Crippen molar-refractivity contribution in [1.29, 1.82) is 0 Å². The number of fused-ring (bicyclic) bond motifs is 1. The first-order chi connectivity index (χ1) is 12.3. The summed E-state index contributed by atoms with van der Waals surface area (Å²) in [5.41, 5.74) is 1.87. The van der Waals surface area contributed by atoms with Crippen molar-refractivity contribution >= 4 is 10.0 Å². The summed E-state index contributed by atoms with van der Waals surface area (Å²) in [6, 6.07) is 10.4. The molecule has 0 fully saturated rings. The number of halogens is 1. The summed E-state index contributed by atoms with van der Waals surface area (Å²) < 4.78 is 47.1. The molecule has 2 aromatic carbocycles. The van der Waals surface area contributed by atoms with Gasteiger partial charge >= 0.3 is 0 Å². The number of likely N-dealkylation sites (N-methyl/N-ethyl adjacent to an activating group) is 1. The first-order valence-electron chi connectivity index (χ1n) is 8.42. The molecule has 7 heteroatoms. The summed E-state index contributed by atoms with van der Waals surface area (Å²) in [7, 11) is -0.00503. The van der Waals surface area contributed by atoms with Crippen molar-refractivity contribution < 1.29 is 17.5 Å². The van der Waals surface area contributed by atoms with Gasteiger partial charge in [0.25, 0.3) is 0 Å². The van der Waals surface area contributed by atoms with Gasteiger partial charge in [-0.2, -0.15) is 4.31 Å². The third-order valence-corrected chi connectivity index (χ3v) is 6.29. The van der Waals surface area contributed by atoms with Crippen molar-refractivity contribution in [2.24, 2.45) is 0 Å². The Morgan fingerprint density at radius 1 is 1.19 bits per heavy atom. The highest BCUT2D eigenvalue weighted by atomic mass is 32.2. The fourth-order valence-corrected chi connectivity index (χ4v) is 4.71. The molecule has 26 heavy (non-hydrogen) atoms. The van der Waals surface area contributed by atoms with Crippen LogP contribution in [-0.2, 0) is 16.6 Å². The highest BCUT2D eigenvalue weighted by molar-refractivity contribution is 7.89. The Balaban J connectivity index is 2.04. The number of benzene rings is 2. The molecular weight excluding hydrogens is 355 g/mol. The van der Waals surface area contributed by atoms with Gasteiger partial charge in [0, 0.05) is 18.7 Å². The molecule has 1 aliphatic rings. The van der Waals surface area contributed by atoms with Gasteiger partial charge in [0.2, 0.25) is 10.0 Å². The molecule has 0 spiro atoms. The van der Waals surface area contributed by atoms with Crippen LogP contribution in [0.1, 0.15) is 11.1 Å². The van der Waals surface area contributed by atoms with Gasteiger partial charge in [-0.15, -0.1) is 0 Å². The summed E-state index contributed by atoms with van der Waals surface area (Å²) in [6.07, 6.45) is 0. The van der Waals surface area contributed by atoms with Crippen LogP contribution in [0.5, 0.6) is 5.75 Å². The topological polar surface area (TPSA) is 49.9 Å². The molecule has 5 nitrogen and oxygen atoms in total. The van der Waals surface area contributed by atoms with Crippen LogP contribution in [0.25, 0.3) is 0 Å². The van der Waals surface area contributed by atoms with Crippen LogP contribution in [0.15, 0.2) is 47.4 Å². The Kier molecular flexibility index (Phi) is 5.32. The molecule has 0 N–H and O–H groups in total. The lowest BCUT2D eigenvalue weighted by Gasteiger charge is -2.30. The Morgan fingerprint density at radius 2 is 1.88 bits per heavy atom. The fraction of sp³-hybridized carbons (Fsp3) is 0.368. The van der Waals surface area contributed by atoms with E-state index in [4.69, 9.17) is 4.74 Å². The SMILES string of the molecule is Cc1ccc2c(c1)CN(S(=O)(=O)c1ccc(F)cc1)[C@H](CN(C)C)CO2. The second-order valence-electron chi connectivity index (χ2n) is 6.84. The molecule has 0 aliphatic carbocycles. The van der Waals surface area contributed by atoms with Gasteiger partial charge < -0.3 is 9.64 Å². The Morgan fingerprint density at radius 3 is 2.54 bits per heavy atom. The van der Waals surface area contributed by atoms with E-state index >= 15 is 0 Å². The van der Waals surface area contributed by atoms with Crippen molar-refractivity contribution in [3.05, 3.63) is 59.4 Å². The Labute approximate surface area is 154 Å². The molecule has 140 valence electrons. The average molecular weight is 378 g/mol. The largest absolute Gasteiger partial charge is 0.492 e. The van der Waals surface area contributed by atoms with Gasteiger partial charge in [-0.3, -0.25) is 0 Å². The molecule has 0 saturated heterocycles. The maximum absolute atomic E-state index is 13.3. The predicted molar refractivity (Wildman–Crippen MR) is 98.1 cm³/mol. The van der Waals surface area contributed by atoms with E-state index in [1.165, 1.54) is 28.6 Å². The highest BCUT2D eigenvalue weighted by Crippen LogP contribution is 2.30. The molecular formula is C19H23FN2O3S. The van der Waals surface area contributed by atoms with Crippen molar-refractivity contribution in [3.63, 3.8) is 0 Å². The van der Waals surface area contributed by atoms with E-state index in [0.29, 0.717) is 12.3 Å². The number of nitrogens with zero attached hydrogens (tertiary/aromatic N) is 2. The van der Waals surface area contributed by atoms with Crippen LogP contribution in [0.4, 0.5) is 4.39 Å². The molecule has 0 unspecified atom stereocenters. The van der Waals surface area contributed by atoms with Crippen LogP contribution in [-0.4, -0.2) is 50.9 Å². The zero-order valence-electron chi connectivity index (χ0n) is 15.1. The van der Waals surface area contributed by atoms with Crippen LogP contribution >= 0.6 is 0 Å². The number of sulfonamides is 1. The maximum atomic E-state index is 13.3. The molecule has 1 atom stereocenters. The summed E-state index contributed by atoms with van der Waals surface area (Å²) in [5, 5.41) is 0. The highest BCUT2D eigenvalue weighted by Gasteiger charge is 2.35. The zero-order valence-corrected chi connectivity index (χ0v) is 16.0. The van der Waals surface area contributed by atoms with Gasteiger partial charge in [-0.1, -0.05) is 17.7 Å². The minimum absolute atomic E-state index is 0.0822. The molecule has 0 aromatic heterocycles. The van der Waals surface area contributed by atoms with Crippen LogP contribution in [0.3, 0.4) is 0 Å². The van der Waals surface area contributed by atoms with E-state index in [0.717, 1.165) is 11.1 Å². The smallest absolute Gasteiger partial charge is 0.243 e. The molecule has 1 heterocycles. The van der Waals surface area contributed by atoms with E-state index in [-0.39, 0.29) is 24.1 Å². The van der Waals surface area contributed by atoms with Crippen LogP contribution in [0, 0.1) is 12.7 Å². The summed E-state index contributed by atoms with van der Waals surface area (Å²) in [4.78, 5) is 2.02. The standard InChI is InChI=1S/C19H23FN2O3S/c1-14-4-9-19-15(10-14)11-22(17(13-25-19)12-21(2)3)26(23,24)18-7-5-16(20)6-8-18/h4-10,17H,11-13H2,1-3H3/t17-/m1/s1. The van der Waals surface area contributed by atoms with Gasteiger partial charge in [0.05, 0.1) is 10.9 Å². The lowest BCUT2D eigenvalue weighted by Crippen LogP contribution is -2.47. The van der Waals surface area contributed by atoms with Crippen molar-refractivity contribution in [2.45, 2.75) is 24.4 Å². The molecule has 0 amide bonds. The molecule has 2 aromatic rings. The number of rotatable bonds is 4. The van der Waals surface area contributed by atoms with Crippen LogP contribution in [0.2, 0.25) is 0 Å². The average Bonchev–Trinajstić information content (AvgIpc) is 2.74. The number of ether oxygens (including phenoxy) is 1. The second kappa shape index (κ2) is 7.34. The minimum atomic E-state index is -3.79. The van der Waals surface area contributed by atoms with Crippen molar-refractivity contribution in [1.82, 2.24) is 9.21 Å². The fourth-order valence-electron chi connectivity index (χ4n) is 3.13. The first-order valence-corrected chi connectivity index (χ1v) is 9.86. The van der Waals surface area contributed by atoms with Gasteiger partial charge in [-0.05, 0) is 51.4 Å². The number of hydrogen-bond acceptors (Lipinski definition) is 4. The van der Waals surface area contributed by atoms with E-state index in [2.05, 4.69) is 0 Å². The summed E-state index contributed by atoms with van der Waals surface area (Å²) >= 11 is 0. The van der Waals surface area contributed by atoms with Gasteiger partial charge in [0.1, 0.15) is 18.2 Å². The van der Waals surface area contributed by atoms with E-state index in [1.54, 1.807) is 0 Å². The lowest BCUT2D eigenvalue weighted by atomic mass is 10.1. The normalized spacial score (nSPS) is 18.3. The third kappa shape index (κ3) is 3.90. The molecule has 0 radical (unpaired) electrons. The van der Waals surface area contributed by atoms with Gasteiger partial charge in [-0.25, -0.2) is 12.8 Å². The van der Waals surface area contributed by atoms with Crippen molar-refractivity contribution in [2.75, 3.05) is 27.2 Å². The Bertz CT molecular complexity index is 882. The van der Waals surface area contributed by atoms with E-state index < -0.39 is 15.8 Å². The quantitative estimate of drug-likeness (QED) is 0.821. The van der Waals surface area contributed by atoms with Crippen LogP contribution < -0.4 is 4.74 Å². The van der Waals surface area contributed by atoms with Crippen molar-refractivity contribution in [3.8, 4) is 5.75 Å². The first kappa shape index (κ1) is 18.8. The molecule has 0 saturated carbocycles. The predicted octanol–water partition coefficient (Wildman–Crippen LogP) is 2.65. The second-order valence-corrected chi connectivity index (χ2v) is 8.73. The number of hydrogen-bond donors (Lipinski definition) is 0. The molecule has 3 rings (SSSR count). The molecule has 1 aliphatic heterocycles. The van der Waals surface area contributed by atoms with E-state index in [9.17, 15) is 12.8 Å². The Hall–Kier alpha value is -1.96. The maximum Gasteiger partial charge on any atom is 0.243 e. The summed E-state index contributed by atoms with van der Waals surface area (Å²) in [6.45, 7) is 2.96. The lowest BCUT2D eigenvalue weighted by molar-refractivity contribution is 0.184.